The van der Waals surface area contributed by atoms with E-state index in [0.717, 1.165) is 55.9 Å². The first-order chi connectivity index (χ1) is 29.1. The quantitative estimate of drug-likeness (QED) is 0.151. The summed E-state index contributed by atoms with van der Waals surface area (Å²) >= 11 is 0. The fourth-order valence-corrected chi connectivity index (χ4v) is 11.8. The average Bonchev–Trinajstić information content (AvgIpc) is 3.78. The van der Waals surface area contributed by atoms with E-state index in [1.165, 1.54) is 33.0 Å². The molecule has 10 aromatic rings. The van der Waals surface area contributed by atoms with Gasteiger partial charge >= 0.3 is 7.44 Å². The summed E-state index contributed by atoms with van der Waals surface area (Å²) in [5.41, 5.74) is 13.8. The van der Waals surface area contributed by atoms with E-state index in [9.17, 15) is 0 Å². The third-order valence-corrected chi connectivity index (χ3v) is 14.4. The Balaban J connectivity index is 1.09. The summed E-state index contributed by atoms with van der Waals surface area (Å²) in [5, 5.41) is 3.18. The maximum Gasteiger partial charge on any atom is 0.301 e. The molecule has 1 aromatic heterocycles. The third-order valence-electron chi connectivity index (χ3n) is 11.5. The van der Waals surface area contributed by atoms with Crippen LogP contribution in [0.15, 0.2) is 231 Å². The van der Waals surface area contributed by atoms with Crippen molar-refractivity contribution in [1.29, 1.82) is 0 Å². The molecule has 2 heterocycles. The monoisotopic (exact) mass is 775 g/mol. The molecule has 1 aliphatic heterocycles. The zero-order chi connectivity index (χ0) is 39.3. The van der Waals surface area contributed by atoms with Gasteiger partial charge in [0, 0.05) is 27.8 Å². The van der Waals surface area contributed by atoms with E-state index in [4.69, 9.17) is 0 Å². The minimum Gasteiger partial charge on any atom is -0.309 e. The Bertz CT molecular complexity index is 3090. The van der Waals surface area contributed by atoms with Crippen molar-refractivity contribution in [2.24, 2.45) is 0 Å². The van der Waals surface area contributed by atoms with Crippen LogP contribution < -0.4 is 14.6 Å². The fraction of sp³-hybridized carbons (Fsp3) is 0. The lowest BCUT2D eigenvalue weighted by Crippen LogP contribution is -2.26. The van der Waals surface area contributed by atoms with Crippen LogP contribution in [0.25, 0.3) is 60.9 Å². The molecule has 0 radical (unpaired) electrons. The molecule has 0 N–H and O–H groups in total. The number of hydrogen-bond donors (Lipinski definition) is 0. The smallest absolute Gasteiger partial charge is 0.301 e. The molecule has 1 atom stereocenters. The Morgan fingerprint density at radius 2 is 0.712 bits per heavy atom. The number of hydrogen-bond acceptors (Lipinski definition) is 1. The van der Waals surface area contributed by atoms with Crippen molar-refractivity contribution in [3.05, 3.63) is 231 Å². The SMILES string of the molecule is O=P1(c2ccccc2)N(c2ccccc2)c2ccc(-c3cccc(-n4c5ccc(-c6ccccc6)cc5c5cc(-c6ccccc6)ccc54)c3)cc2N1c1ccccc1. The number of para-hydroxylation sites is 2. The molecule has 0 saturated carbocycles. The topological polar surface area (TPSA) is 28.5 Å². The summed E-state index contributed by atoms with van der Waals surface area (Å²) in [5.74, 6) is 0. The molecular formula is C54H38N3OP. The lowest BCUT2D eigenvalue weighted by atomic mass is 10.0. The average molecular weight is 776 g/mol. The van der Waals surface area contributed by atoms with Crippen molar-refractivity contribution in [3.8, 4) is 39.1 Å². The van der Waals surface area contributed by atoms with E-state index in [0.29, 0.717) is 0 Å². The minimum atomic E-state index is -3.47. The Morgan fingerprint density at radius 1 is 0.305 bits per heavy atom. The van der Waals surface area contributed by atoms with Gasteiger partial charge in [-0.25, -0.2) is 0 Å². The highest BCUT2D eigenvalue weighted by molar-refractivity contribution is 7.76. The van der Waals surface area contributed by atoms with E-state index >= 15 is 4.57 Å². The number of anilines is 4. The van der Waals surface area contributed by atoms with Crippen LogP contribution in [0.1, 0.15) is 0 Å². The zero-order valence-electron chi connectivity index (χ0n) is 32.1. The largest absolute Gasteiger partial charge is 0.309 e. The number of benzene rings is 9. The van der Waals surface area contributed by atoms with Gasteiger partial charge in [-0.15, -0.1) is 0 Å². The summed E-state index contributed by atoms with van der Waals surface area (Å²) in [4.78, 5) is 0. The maximum absolute atomic E-state index is 16.1. The summed E-state index contributed by atoms with van der Waals surface area (Å²) in [6.07, 6.45) is 0. The summed E-state index contributed by atoms with van der Waals surface area (Å²) in [7, 11) is -3.47. The van der Waals surface area contributed by atoms with Crippen molar-refractivity contribution in [3.63, 3.8) is 0 Å². The van der Waals surface area contributed by atoms with Gasteiger partial charge in [-0.05, 0) is 118 Å². The van der Waals surface area contributed by atoms with Crippen LogP contribution in [0.4, 0.5) is 22.7 Å². The lowest BCUT2D eigenvalue weighted by molar-refractivity contribution is 0.582. The highest BCUT2D eigenvalue weighted by Gasteiger charge is 2.49. The molecule has 11 rings (SSSR count). The second kappa shape index (κ2) is 14.2. The van der Waals surface area contributed by atoms with Gasteiger partial charge in [0.2, 0.25) is 0 Å². The van der Waals surface area contributed by atoms with E-state index in [1.807, 2.05) is 78.9 Å². The highest BCUT2D eigenvalue weighted by atomic mass is 31.2. The number of rotatable bonds is 7. The lowest BCUT2D eigenvalue weighted by Gasteiger charge is -2.33. The summed E-state index contributed by atoms with van der Waals surface area (Å²) < 4.78 is 22.6. The molecule has 5 heteroatoms. The predicted molar refractivity (Wildman–Crippen MR) is 248 cm³/mol. The molecule has 0 amide bonds. The Hall–Kier alpha value is -7.39. The van der Waals surface area contributed by atoms with Crippen LogP contribution in [0.3, 0.4) is 0 Å². The molecule has 9 aromatic carbocycles. The normalized spacial score (nSPS) is 14.8. The first-order valence-electron chi connectivity index (χ1n) is 20.0. The van der Waals surface area contributed by atoms with E-state index in [1.54, 1.807) is 0 Å². The number of nitrogens with zero attached hydrogens (tertiary/aromatic N) is 3. The van der Waals surface area contributed by atoms with Gasteiger partial charge in [0.05, 0.1) is 27.7 Å². The van der Waals surface area contributed by atoms with Crippen molar-refractivity contribution in [1.82, 2.24) is 4.57 Å². The molecular weight excluding hydrogens is 738 g/mol. The first-order valence-corrected chi connectivity index (χ1v) is 21.6. The van der Waals surface area contributed by atoms with Gasteiger partial charge in [-0.1, -0.05) is 146 Å². The second-order valence-corrected chi connectivity index (χ2v) is 17.4. The summed E-state index contributed by atoms with van der Waals surface area (Å²) in [6, 6.07) is 80.3. The Morgan fingerprint density at radius 3 is 1.25 bits per heavy atom. The molecule has 280 valence electrons. The van der Waals surface area contributed by atoms with Crippen molar-refractivity contribution >= 4 is 57.3 Å². The van der Waals surface area contributed by atoms with Crippen molar-refractivity contribution < 1.29 is 4.57 Å². The van der Waals surface area contributed by atoms with Crippen LogP contribution in [-0.2, 0) is 4.57 Å². The van der Waals surface area contributed by atoms with Crippen LogP contribution in [0, 0.1) is 0 Å². The van der Waals surface area contributed by atoms with E-state index < -0.39 is 7.44 Å². The molecule has 1 unspecified atom stereocenters. The molecule has 59 heavy (non-hydrogen) atoms. The summed E-state index contributed by atoms with van der Waals surface area (Å²) in [6.45, 7) is 0. The Labute approximate surface area is 344 Å². The molecule has 0 spiro atoms. The maximum atomic E-state index is 16.1. The first kappa shape index (κ1) is 34.8. The number of fused-ring (bicyclic) bond motifs is 4. The molecule has 1 aliphatic rings. The van der Waals surface area contributed by atoms with Crippen LogP contribution in [0.2, 0.25) is 0 Å². The molecule has 4 nitrogen and oxygen atoms in total. The number of aromatic nitrogens is 1. The second-order valence-electron chi connectivity index (χ2n) is 15.0. The van der Waals surface area contributed by atoms with Crippen molar-refractivity contribution in [2.75, 3.05) is 9.34 Å². The van der Waals surface area contributed by atoms with Gasteiger partial charge < -0.3 is 4.57 Å². The molecule has 0 saturated heterocycles. The van der Waals surface area contributed by atoms with Crippen LogP contribution in [-0.4, -0.2) is 4.57 Å². The van der Waals surface area contributed by atoms with Gasteiger partial charge in [-0.2, -0.15) is 0 Å². The van der Waals surface area contributed by atoms with Gasteiger partial charge in [0.25, 0.3) is 0 Å². The van der Waals surface area contributed by atoms with Crippen molar-refractivity contribution in [2.45, 2.75) is 0 Å². The zero-order valence-corrected chi connectivity index (χ0v) is 33.0. The van der Waals surface area contributed by atoms with Crippen LogP contribution >= 0.6 is 7.44 Å². The van der Waals surface area contributed by atoms with Gasteiger partial charge in [0.1, 0.15) is 0 Å². The van der Waals surface area contributed by atoms with Gasteiger partial charge in [-0.3, -0.25) is 13.9 Å². The predicted octanol–water partition coefficient (Wildman–Crippen LogP) is 14.6. The highest BCUT2D eigenvalue weighted by Crippen LogP contribution is 2.70. The molecule has 0 bridgehead atoms. The third kappa shape index (κ3) is 5.80. The fourth-order valence-electron chi connectivity index (χ4n) is 8.76. The standard InChI is InChI=1S/C54H38N3OP/c58-59(48-27-14-5-15-28-48)56(45-22-10-3-11-23-45)53-34-31-44(38-54(53)57(59)46-24-12-4-13-25-46)41-21-16-26-47(35-41)55-51-32-29-42(39-17-6-1-7-18-39)36-49(51)50-37-43(30-33-52(50)55)40-19-8-2-9-20-40/h1-38H. The van der Waals surface area contributed by atoms with E-state index in [-0.39, 0.29) is 0 Å². The van der Waals surface area contributed by atoms with Crippen LogP contribution in [0.5, 0.6) is 0 Å². The van der Waals surface area contributed by atoms with Gasteiger partial charge in [0.15, 0.2) is 0 Å². The molecule has 0 aliphatic carbocycles. The van der Waals surface area contributed by atoms with E-state index in [2.05, 4.69) is 166 Å². The minimum absolute atomic E-state index is 0.768. The Kier molecular flexibility index (Phi) is 8.39. The molecule has 0 fully saturated rings.